The fraction of sp³-hybridized carbons (Fsp3) is 0.567. The van der Waals surface area contributed by atoms with Crippen LogP contribution in [-0.4, -0.2) is 71.8 Å². The van der Waals surface area contributed by atoms with Gasteiger partial charge >= 0.3 is 18.2 Å². The van der Waals surface area contributed by atoms with E-state index in [1.165, 1.54) is 16.9 Å². The van der Waals surface area contributed by atoms with Crippen molar-refractivity contribution in [2.24, 2.45) is 5.92 Å². The smallest absolute Gasteiger partial charge is 0.410 e. The van der Waals surface area contributed by atoms with E-state index >= 15 is 0 Å². The number of allylic oxidation sites excluding steroid dienone is 1. The zero-order valence-electron chi connectivity index (χ0n) is 23.9. The van der Waals surface area contributed by atoms with Crippen molar-refractivity contribution in [2.75, 3.05) is 13.7 Å². The monoisotopic (exact) mass is 579 g/mol. The van der Waals surface area contributed by atoms with Crippen LogP contribution in [0.2, 0.25) is 0 Å². The highest BCUT2D eigenvalue weighted by Crippen LogP contribution is 2.30. The van der Waals surface area contributed by atoms with E-state index < -0.39 is 54.3 Å². The minimum atomic E-state index is -4.56. The normalized spacial score (nSPS) is 20.0. The number of hydrogen-bond acceptors (Lipinski definition) is 6. The number of hydrogen-bond donors (Lipinski definition) is 1. The third-order valence-electron chi connectivity index (χ3n) is 7.64. The number of amides is 2. The van der Waals surface area contributed by atoms with Crippen molar-refractivity contribution in [3.63, 3.8) is 0 Å². The number of carbonyl (C=O) groups excluding carboxylic acids is 3. The largest absolute Gasteiger partial charge is 0.467 e. The van der Waals surface area contributed by atoms with Crippen LogP contribution >= 0.6 is 0 Å². The van der Waals surface area contributed by atoms with Crippen molar-refractivity contribution >= 4 is 24.0 Å². The van der Waals surface area contributed by atoms with Gasteiger partial charge in [-0.3, -0.25) is 15.0 Å². The number of esters is 1. The molecule has 1 aromatic rings. The Hall–Kier alpha value is -3.34. The molecule has 0 bridgehead atoms. The molecule has 0 spiro atoms. The van der Waals surface area contributed by atoms with Gasteiger partial charge in [0.2, 0.25) is 5.91 Å². The number of likely N-dealkylation sites (tertiary alicyclic amines) is 1. The molecule has 2 aliphatic rings. The SMILES string of the molecule is C=CCCCCC(N[C@H](C(=O)N1C[C@H](OC(=O)N2Cc3cccc(C=C)c3C2)C[C@H]1C(=O)OC)C(C)C)C(F)(F)F. The van der Waals surface area contributed by atoms with Gasteiger partial charge in [-0.2, -0.15) is 13.2 Å². The second-order valence-corrected chi connectivity index (χ2v) is 10.9. The molecule has 2 aliphatic heterocycles. The average Bonchev–Trinajstić information content (AvgIpc) is 3.55. The quantitative estimate of drug-likeness (QED) is 0.208. The molecular weight excluding hydrogens is 539 g/mol. The number of ether oxygens (including phenoxy) is 2. The van der Waals surface area contributed by atoms with Crippen LogP contribution in [0.4, 0.5) is 18.0 Å². The first-order valence-corrected chi connectivity index (χ1v) is 13.9. The summed E-state index contributed by atoms with van der Waals surface area (Å²) in [6.07, 6.45) is -1.37. The van der Waals surface area contributed by atoms with Gasteiger partial charge in [-0.1, -0.05) is 57.2 Å². The molecule has 1 aromatic carbocycles. The van der Waals surface area contributed by atoms with Crippen molar-refractivity contribution in [2.45, 2.75) is 89.4 Å². The van der Waals surface area contributed by atoms with Crippen molar-refractivity contribution in [1.82, 2.24) is 15.1 Å². The summed E-state index contributed by atoms with van der Waals surface area (Å²) < 4.78 is 52.3. The van der Waals surface area contributed by atoms with Crippen molar-refractivity contribution in [3.05, 3.63) is 54.1 Å². The van der Waals surface area contributed by atoms with Gasteiger partial charge in [-0.05, 0) is 41.9 Å². The first-order chi connectivity index (χ1) is 19.4. The number of carbonyl (C=O) groups is 3. The summed E-state index contributed by atoms with van der Waals surface area (Å²) in [7, 11) is 1.17. The maximum absolute atomic E-state index is 13.9. The number of benzene rings is 1. The first-order valence-electron chi connectivity index (χ1n) is 13.9. The van der Waals surface area contributed by atoms with Crippen LogP contribution in [0.1, 0.15) is 62.6 Å². The summed E-state index contributed by atoms with van der Waals surface area (Å²) in [5.74, 6) is -1.90. The van der Waals surface area contributed by atoms with Crippen LogP contribution < -0.4 is 5.32 Å². The topological polar surface area (TPSA) is 88.2 Å². The summed E-state index contributed by atoms with van der Waals surface area (Å²) in [6.45, 7) is 11.2. The van der Waals surface area contributed by atoms with Gasteiger partial charge in [0.05, 0.1) is 26.2 Å². The van der Waals surface area contributed by atoms with E-state index in [1.54, 1.807) is 26.0 Å². The van der Waals surface area contributed by atoms with Gasteiger partial charge in [0.15, 0.2) is 0 Å². The van der Waals surface area contributed by atoms with Crippen LogP contribution in [0, 0.1) is 5.92 Å². The summed E-state index contributed by atoms with van der Waals surface area (Å²) in [5, 5.41) is 2.53. The minimum Gasteiger partial charge on any atom is -0.467 e. The fourth-order valence-electron chi connectivity index (χ4n) is 5.39. The highest BCUT2D eigenvalue weighted by Gasteiger charge is 2.47. The molecule has 1 fully saturated rings. The molecule has 41 heavy (non-hydrogen) atoms. The van der Waals surface area contributed by atoms with E-state index in [-0.39, 0.29) is 19.4 Å². The molecule has 3 rings (SSSR count). The first kappa shape index (κ1) is 32.2. The van der Waals surface area contributed by atoms with Crippen LogP contribution in [0.5, 0.6) is 0 Å². The predicted octanol–water partition coefficient (Wildman–Crippen LogP) is 5.22. The van der Waals surface area contributed by atoms with Gasteiger partial charge in [0.25, 0.3) is 0 Å². The summed E-state index contributed by atoms with van der Waals surface area (Å²) in [6, 6.07) is 1.52. The highest BCUT2D eigenvalue weighted by atomic mass is 19.4. The number of alkyl halides is 3. The van der Waals surface area contributed by atoms with Gasteiger partial charge in [-0.15, -0.1) is 6.58 Å². The van der Waals surface area contributed by atoms with Crippen molar-refractivity contribution in [3.8, 4) is 0 Å². The molecule has 8 nitrogen and oxygen atoms in total. The van der Waals surface area contributed by atoms with Gasteiger partial charge in [0.1, 0.15) is 18.2 Å². The maximum Gasteiger partial charge on any atom is 0.410 e. The Morgan fingerprint density at radius 2 is 1.90 bits per heavy atom. The van der Waals surface area contributed by atoms with Crippen LogP contribution in [0.25, 0.3) is 6.08 Å². The predicted molar refractivity (Wildman–Crippen MR) is 148 cm³/mol. The van der Waals surface area contributed by atoms with E-state index in [2.05, 4.69) is 18.5 Å². The molecule has 4 atom stereocenters. The third kappa shape index (κ3) is 7.90. The Kier molecular flexibility index (Phi) is 11.0. The summed E-state index contributed by atoms with van der Waals surface area (Å²) >= 11 is 0. The second kappa shape index (κ2) is 14.0. The molecule has 0 radical (unpaired) electrons. The molecule has 0 aliphatic carbocycles. The zero-order chi connectivity index (χ0) is 30.3. The Labute approximate surface area is 239 Å². The fourth-order valence-corrected chi connectivity index (χ4v) is 5.39. The lowest BCUT2D eigenvalue weighted by molar-refractivity contribution is -0.164. The van der Waals surface area contributed by atoms with Gasteiger partial charge < -0.3 is 14.4 Å². The summed E-state index contributed by atoms with van der Waals surface area (Å²) in [4.78, 5) is 42.1. The Balaban J connectivity index is 1.72. The van der Waals surface area contributed by atoms with E-state index in [9.17, 15) is 27.6 Å². The average molecular weight is 580 g/mol. The van der Waals surface area contributed by atoms with Crippen LogP contribution in [0.3, 0.4) is 0 Å². The zero-order valence-corrected chi connectivity index (χ0v) is 23.9. The number of nitrogens with one attached hydrogen (secondary N) is 1. The Bertz CT molecular complexity index is 1120. The summed E-state index contributed by atoms with van der Waals surface area (Å²) in [5.41, 5.74) is 2.88. The third-order valence-corrected chi connectivity index (χ3v) is 7.64. The molecule has 1 saturated heterocycles. The molecule has 2 amide bonds. The molecule has 1 N–H and O–H groups in total. The van der Waals surface area contributed by atoms with Crippen molar-refractivity contribution < 1.29 is 37.0 Å². The standard InChI is InChI=1S/C30H40F3N3O5/c1-6-8-9-10-14-25(30(31,32)33)34-26(19(3)4)27(37)36-17-22(15-24(36)28(38)40-5)41-29(39)35-16-21-13-11-12-20(7-2)23(21)18-35/h6-7,11-13,19,22,24-26,34H,1-2,8-10,14-18H2,3-5H3/t22-,24+,25?,26+/m1/s1. The molecule has 0 saturated carbocycles. The molecule has 0 aromatic heterocycles. The lowest BCUT2D eigenvalue weighted by Crippen LogP contribution is -2.57. The number of nitrogens with zero attached hydrogens (tertiary/aromatic N) is 2. The lowest BCUT2D eigenvalue weighted by atomic mass is 9.99. The maximum atomic E-state index is 13.9. The molecule has 226 valence electrons. The van der Waals surface area contributed by atoms with Gasteiger partial charge in [-0.25, -0.2) is 9.59 Å². The molecule has 11 heteroatoms. The molecule has 1 unspecified atom stereocenters. The number of rotatable bonds is 12. The second-order valence-electron chi connectivity index (χ2n) is 10.9. The highest BCUT2D eigenvalue weighted by molar-refractivity contribution is 5.88. The van der Waals surface area contributed by atoms with E-state index in [1.807, 2.05) is 18.2 Å². The lowest BCUT2D eigenvalue weighted by Gasteiger charge is -2.33. The number of methoxy groups -OCH3 is 1. The van der Waals surface area contributed by atoms with Crippen molar-refractivity contribution in [1.29, 1.82) is 0 Å². The number of fused-ring (bicyclic) bond motifs is 1. The van der Waals surface area contributed by atoms with Crippen LogP contribution in [-0.2, 0) is 32.2 Å². The van der Waals surface area contributed by atoms with Crippen LogP contribution in [0.15, 0.2) is 37.4 Å². The number of unbranched alkanes of at least 4 members (excludes halogenated alkanes) is 2. The van der Waals surface area contributed by atoms with Gasteiger partial charge in [0, 0.05) is 13.0 Å². The Morgan fingerprint density at radius 1 is 1.17 bits per heavy atom. The minimum absolute atomic E-state index is 0.0160. The Morgan fingerprint density at radius 3 is 2.51 bits per heavy atom. The van der Waals surface area contributed by atoms with E-state index in [0.29, 0.717) is 32.4 Å². The van der Waals surface area contributed by atoms with E-state index in [4.69, 9.17) is 9.47 Å². The number of halogens is 3. The molecule has 2 heterocycles. The molecular formula is C30H40F3N3O5. The van der Waals surface area contributed by atoms with E-state index in [0.717, 1.165) is 16.7 Å².